The summed E-state index contributed by atoms with van der Waals surface area (Å²) in [4.78, 5) is 39.7. The average molecular weight is 420 g/mol. The highest BCUT2D eigenvalue weighted by Gasteiger charge is 2.33. The van der Waals surface area contributed by atoms with Crippen molar-refractivity contribution in [3.8, 4) is 11.8 Å². The van der Waals surface area contributed by atoms with E-state index in [0.29, 0.717) is 16.6 Å². The van der Waals surface area contributed by atoms with Crippen LogP contribution in [0.15, 0.2) is 47.5 Å². The Morgan fingerprint density at radius 1 is 1.19 bits per heavy atom. The smallest absolute Gasteiger partial charge is 0.345 e. The summed E-state index contributed by atoms with van der Waals surface area (Å²) in [6.07, 6.45) is 1.52. The van der Waals surface area contributed by atoms with E-state index < -0.39 is 23.9 Å². The van der Waals surface area contributed by atoms with Crippen LogP contribution in [0, 0.1) is 6.92 Å². The maximum atomic E-state index is 12.2. The number of aromatic hydroxyl groups is 2. The fourth-order valence-electron chi connectivity index (χ4n) is 3.69. The molecule has 9 nitrogen and oxygen atoms in total. The van der Waals surface area contributed by atoms with E-state index in [9.17, 15) is 24.6 Å². The third-order valence-electron chi connectivity index (χ3n) is 5.13. The van der Waals surface area contributed by atoms with Gasteiger partial charge < -0.3 is 15.5 Å². The predicted octanol–water partition coefficient (Wildman–Crippen LogP) is 2.99. The summed E-state index contributed by atoms with van der Waals surface area (Å²) in [5, 5.41) is 26.8. The Balaban J connectivity index is 1.66. The lowest BCUT2D eigenvalue weighted by Crippen LogP contribution is -2.41. The number of aliphatic imine (C=N–C) groups is 1. The van der Waals surface area contributed by atoms with Crippen LogP contribution in [0.1, 0.15) is 30.0 Å². The van der Waals surface area contributed by atoms with Crippen LogP contribution in [0.3, 0.4) is 0 Å². The molecule has 4 N–H and O–H groups in total. The van der Waals surface area contributed by atoms with E-state index in [0.717, 1.165) is 10.1 Å². The quantitative estimate of drug-likeness (QED) is 0.382. The lowest BCUT2D eigenvalue weighted by atomic mass is 10.1. The van der Waals surface area contributed by atoms with Crippen molar-refractivity contribution in [2.45, 2.75) is 25.8 Å². The number of carbonyl (C=O) groups excluding carboxylic acids is 3. The molecule has 1 aliphatic heterocycles. The minimum atomic E-state index is -0.931. The average Bonchev–Trinajstić information content (AvgIpc) is 2.98. The number of rotatable bonds is 3. The van der Waals surface area contributed by atoms with Gasteiger partial charge in [-0.1, -0.05) is 24.3 Å². The summed E-state index contributed by atoms with van der Waals surface area (Å²) in [6, 6.07) is 10.6. The number of hydrogen-bond acceptors (Lipinski definition) is 5. The zero-order valence-electron chi connectivity index (χ0n) is 16.6. The molecule has 4 rings (SSSR count). The molecule has 2 heterocycles. The first-order valence-corrected chi connectivity index (χ1v) is 9.65. The number of anilines is 1. The van der Waals surface area contributed by atoms with E-state index in [1.807, 2.05) is 19.1 Å². The van der Waals surface area contributed by atoms with Gasteiger partial charge in [-0.3, -0.25) is 19.5 Å². The minimum Gasteiger partial charge on any atom is -0.494 e. The molecular formula is C22H20N4O5. The van der Waals surface area contributed by atoms with Crippen molar-refractivity contribution >= 4 is 40.5 Å². The summed E-state index contributed by atoms with van der Waals surface area (Å²) >= 11 is 0. The number of amides is 4. The number of aryl methyl sites for hydroxylation is 1. The first-order valence-electron chi connectivity index (χ1n) is 9.65. The monoisotopic (exact) mass is 420 g/mol. The Hall–Kier alpha value is -4.14. The lowest BCUT2D eigenvalue weighted by molar-refractivity contribution is -0.135. The molecule has 1 aromatic heterocycles. The van der Waals surface area contributed by atoms with Crippen molar-refractivity contribution in [3.63, 3.8) is 0 Å². The van der Waals surface area contributed by atoms with E-state index in [1.165, 1.54) is 6.21 Å². The number of nitrogens with one attached hydrogen (secondary N) is 2. The second kappa shape index (κ2) is 7.94. The van der Waals surface area contributed by atoms with Crippen LogP contribution in [0.4, 0.5) is 10.5 Å². The summed E-state index contributed by atoms with van der Waals surface area (Å²) in [5.41, 5.74) is 1.97. The fourth-order valence-corrected chi connectivity index (χ4v) is 3.69. The fraction of sp³-hybridized carbons (Fsp3) is 0.182. The van der Waals surface area contributed by atoms with Crippen molar-refractivity contribution < 1.29 is 24.6 Å². The molecule has 2 aromatic carbocycles. The molecule has 4 amide bonds. The molecule has 1 aliphatic rings. The topological polar surface area (TPSA) is 133 Å². The normalized spacial score (nSPS) is 16.6. The molecule has 0 bridgehead atoms. The summed E-state index contributed by atoms with van der Waals surface area (Å²) < 4.78 is 1.09. The zero-order valence-corrected chi connectivity index (χ0v) is 16.6. The molecule has 0 saturated carbocycles. The van der Waals surface area contributed by atoms with Gasteiger partial charge in [0, 0.05) is 29.3 Å². The number of benzene rings is 2. The number of carbonyl (C=O) groups is 3. The maximum absolute atomic E-state index is 12.2. The molecule has 31 heavy (non-hydrogen) atoms. The molecule has 1 saturated heterocycles. The Morgan fingerprint density at radius 2 is 1.97 bits per heavy atom. The van der Waals surface area contributed by atoms with Crippen LogP contribution in [-0.2, 0) is 9.59 Å². The predicted molar refractivity (Wildman–Crippen MR) is 114 cm³/mol. The lowest BCUT2D eigenvalue weighted by Gasteiger charge is -2.23. The molecule has 3 aromatic rings. The molecule has 1 unspecified atom stereocenters. The van der Waals surface area contributed by atoms with Crippen molar-refractivity contribution in [2.24, 2.45) is 4.99 Å². The second-order valence-electron chi connectivity index (χ2n) is 7.31. The van der Waals surface area contributed by atoms with Gasteiger partial charge in [0.1, 0.15) is 6.04 Å². The third-order valence-corrected chi connectivity index (χ3v) is 5.13. The standard InChI is InChI=1S/C22H20N4O5/c1-12-4-2-6-14(10-12)24-22(31)23-11-13-5-3-7-15-18(13)21(30)26(20(15)29)16-8-9-17(27)25-19(16)28/h2-7,10-11,16,29-30H,8-9H2,1H3,(H,24,31)(H,25,27,28). The van der Waals surface area contributed by atoms with E-state index in [2.05, 4.69) is 15.6 Å². The Bertz CT molecular complexity index is 1240. The first kappa shape index (κ1) is 20.1. The highest BCUT2D eigenvalue weighted by molar-refractivity contribution is 6.09. The molecule has 1 fully saturated rings. The largest absolute Gasteiger partial charge is 0.494 e. The summed E-state index contributed by atoms with van der Waals surface area (Å²) in [6.45, 7) is 1.90. The molecule has 158 valence electrons. The van der Waals surface area contributed by atoms with Crippen LogP contribution < -0.4 is 10.6 Å². The second-order valence-corrected chi connectivity index (χ2v) is 7.31. The van der Waals surface area contributed by atoms with Crippen LogP contribution in [0.25, 0.3) is 10.8 Å². The highest BCUT2D eigenvalue weighted by Crippen LogP contribution is 2.41. The van der Waals surface area contributed by atoms with Gasteiger partial charge in [0.25, 0.3) is 0 Å². The first-order chi connectivity index (χ1) is 14.8. The molecule has 9 heteroatoms. The van der Waals surface area contributed by atoms with E-state index in [-0.39, 0.29) is 30.0 Å². The number of aromatic nitrogens is 1. The molecule has 0 aliphatic carbocycles. The Kier molecular flexibility index (Phi) is 5.16. The van der Waals surface area contributed by atoms with Gasteiger partial charge in [0.2, 0.25) is 23.6 Å². The van der Waals surface area contributed by atoms with Gasteiger partial charge in [0.05, 0.1) is 5.39 Å². The number of urea groups is 1. The van der Waals surface area contributed by atoms with Crippen molar-refractivity contribution in [1.29, 1.82) is 0 Å². The van der Waals surface area contributed by atoms with Gasteiger partial charge in [-0.05, 0) is 37.1 Å². The van der Waals surface area contributed by atoms with Crippen molar-refractivity contribution in [2.75, 3.05) is 5.32 Å². The molecular weight excluding hydrogens is 400 g/mol. The molecule has 1 atom stereocenters. The number of nitrogens with zero attached hydrogens (tertiary/aromatic N) is 2. The van der Waals surface area contributed by atoms with Gasteiger partial charge in [-0.15, -0.1) is 0 Å². The van der Waals surface area contributed by atoms with E-state index in [4.69, 9.17) is 0 Å². The molecule has 0 spiro atoms. The van der Waals surface area contributed by atoms with Crippen LogP contribution in [0.5, 0.6) is 11.8 Å². The zero-order chi connectivity index (χ0) is 22.1. The Morgan fingerprint density at radius 3 is 2.71 bits per heavy atom. The van der Waals surface area contributed by atoms with Gasteiger partial charge in [0.15, 0.2) is 0 Å². The maximum Gasteiger partial charge on any atom is 0.345 e. The van der Waals surface area contributed by atoms with E-state index >= 15 is 0 Å². The number of hydrogen-bond donors (Lipinski definition) is 4. The third kappa shape index (κ3) is 3.85. The number of piperidine rings is 1. The van der Waals surface area contributed by atoms with Gasteiger partial charge in [-0.2, -0.15) is 0 Å². The Labute approximate surface area is 177 Å². The van der Waals surface area contributed by atoms with Crippen LogP contribution in [-0.4, -0.2) is 38.8 Å². The van der Waals surface area contributed by atoms with Crippen molar-refractivity contribution in [1.82, 2.24) is 9.88 Å². The minimum absolute atomic E-state index is 0.0945. The number of imide groups is 1. The van der Waals surface area contributed by atoms with Crippen molar-refractivity contribution in [3.05, 3.63) is 53.6 Å². The summed E-state index contributed by atoms with van der Waals surface area (Å²) in [7, 11) is 0. The van der Waals surface area contributed by atoms with Crippen LogP contribution >= 0.6 is 0 Å². The summed E-state index contributed by atoms with van der Waals surface area (Å²) in [5.74, 6) is -1.65. The SMILES string of the molecule is Cc1cccc(NC(=O)N=Cc2cccc3c(O)n(C4CCC(=O)NC4=O)c(O)c23)c1. The van der Waals surface area contributed by atoms with Crippen LogP contribution in [0.2, 0.25) is 0 Å². The molecule has 0 radical (unpaired) electrons. The van der Waals surface area contributed by atoms with E-state index in [1.54, 1.807) is 30.3 Å². The van der Waals surface area contributed by atoms with Gasteiger partial charge >= 0.3 is 6.03 Å². The van der Waals surface area contributed by atoms with Gasteiger partial charge in [-0.25, -0.2) is 9.79 Å². The number of fused-ring (bicyclic) bond motifs is 1. The highest BCUT2D eigenvalue weighted by atomic mass is 16.3.